The lowest BCUT2D eigenvalue weighted by atomic mass is 9.91. The third kappa shape index (κ3) is 2.53. The topological polar surface area (TPSA) is 26.0 Å². The van der Waals surface area contributed by atoms with Crippen molar-refractivity contribution in [1.82, 2.24) is 0 Å². The minimum absolute atomic E-state index is 0.968. The summed E-state index contributed by atoms with van der Waals surface area (Å²) in [5, 5.41) is 0. The van der Waals surface area contributed by atoms with Gasteiger partial charge in [-0.05, 0) is 48.1 Å². The van der Waals surface area contributed by atoms with Crippen LogP contribution in [0.25, 0.3) is 16.7 Å². The number of rotatable bonds is 2. The van der Waals surface area contributed by atoms with Gasteiger partial charge >= 0.3 is 0 Å². The van der Waals surface area contributed by atoms with Crippen LogP contribution in [-0.4, -0.2) is 0 Å². The highest BCUT2D eigenvalue weighted by atomic mass is 14.6. The first-order valence-corrected chi connectivity index (χ1v) is 7.07. The van der Waals surface area contributed by atoms with Gasteiger partial charge in [0.05, 0.1) is 0 Å². The fourth-order valence-electron chi connectivity index (χ4n) is 2.63. The molecule has 100 valence electrons. The van der Waals surface area contributed by atoms with Gasteiger partial charge in [-0.3, -0.25) is 0 Å². The van der Waals surface area contributed by atoms with Crippen molar-refractivity contribution in [2.45, 2.75) is 19.8 Å². The molecule has 20 heavy (non-hydrogen) atoms. The van der Waals surface area contributed by atoms with Crippen molar-refractivity contribution in [3.05, 3.63) is 77.5 Å². The van der Waals surface area contributed by atoms with E-state index in [9.17, 15) is 0 Å². The number of hydrogen-bond acceptors (Lipinski definition) is 1. The van der Waals surface area contributed by atoms with E-state index in [1.54, 1.807) is 0 Å². The Labute approximate surface area is 120 Å². The van der Waals surface area contributed by atoms with E-state index in [0.717, 1.165) is 18.5 Å². The third-order valence-corrected chi connectivity index (χ3v) is 3.74. The molecule has 0 aromatic heterocycles. The third-order valence-electron chi connectivity index (χ3n) is 3.74. The molecule has 2 N–H and O–H groups in total. The Hall–Kier alpha value is -2.28. The molecule has 0 radical (unpaired) electrons. The first-order chi connectivity index (χ1) is 9.74. The highest BCUT2D eigenvalue weighted by molar-refractivity contribution is 5.86. The molecule has 0 bridgehead atoms. The Kier molecular flexibility index (Phi) is 3.42. The summed E-state index contributed by atoms with van der Waals surface area (Å²) in [7, 11) is 0. The summed E-state index contributed by atoms with van der Waals surface area (Å²) in [5.74, 6) is 0. The van der Waals surface area contributed by atoms with Gasteiger partial charge < -0.3 is 5.73 Å². The van der Waals surface area contributed by atoms with Gasteiger partial charge in [0.2, 0.25) is 0 Å². The molecule has 2 aromatic carbocycles. The molecule has 0 unspecified atom stereocenters. The minimum atomic E-state index is 0.968. The largest absolute Gasteiger partial charge is 0.402 e. The van der Waals surface area contributed by atoms with E-state index in [-0.39, 0.29) is 0 Å². The van der Waals surface area contributed by atoms with Crippen LogP contribution in [0.2, 0.25) is 0 Å². The predicted octanol–water partition coefficient (Wildman–Crippen LogP) is 4.68. The fraction of sp³-hybridized carbons (Fsp3) is 0.158. The van der Waals surface area contributed by atoms with Crippen LogP contribution in [0.4, 0.5) is 0 Å². The average molecular weight is 261 g/mol. The van der Waals surface area contributed by atoms with Crippen molar-refractivity contribution < 1.29 is 0 Å². The maximum atomic E-state index is 5.99. The Morgan fingerprint density at radius 2 is 1.60 bits per heavy atom. The molecular formula is C19H19N. The second-order valence-corrected chi connectivity index (χ2v) is 5.33. The van der Waals surface area contributed by atoms with Gasteiger partial charge in [-0.2, -0.15) is 0 Å². The van der Waals surface area contributed by atoms with Gasteiger partial charge in [-0.15, -0.1) is 0 Å². The van der Waals surface area contributed by atoms with Crippen LogP contribution in [0, 0.1) is 6.92 Å². The van der Waals surface area contributed by atoms with Crippen molar-refractivity contribution in [1.29, 1.82) is 0 Å². The van der Waals surface area contributed by atoms with Gasteiger partial charge in [-0.1, -0.05) is 60.2 Å². The molecule has 0 saturated carbocycles. The van der Waals surface area contributed by atoms with E-state index in [0.29, 0.717) is 0 Å². The monoisotopic (exact) mass is 261 g/mol. The quantitative estimate of drug-likeness (QED) is 0.834. The zero-order valence-electron chi connectivity index (χ0n) is 11.8. The number of hydrogen-bond donors (Lipinski definition) is 1. The Morgan fingerprint density at radius 1 is 0.900 bits per heavy atom. The molecule has 0 aliphatic heterocycles. The molecule has 0 atom stereocenters. The summed E-state index contributed by atoms with van der Waals surface area (Å²) in [5.41, 5.74) is 13.3. The standard InChI is InChI=1S/C19H19N/c1-14-9-11-15(12-10-14)18-7-2-3-8-19(18)16-5-4-6-17(20)13-16/h2-3,5,7-13H,4,6,20H2,1H3. The molecule has 0 amide bonds. The molecule has 3 rings (SSSR count). The van der Waals surface area contributed by atoms with Gasteiger partial charge in [0.15, 0.2) is 0 Å². The molecule has 0 saturated heterocycles. The van der Waals surface area contributed by atoms with E-state index < -0.39 is 0 Å². The van der Waals surface area contributed by atoms with Gasteiger partial charge in [0.1, 0.15) is 0 Å². The molecular weight excluding hydrogens is 242 g/mol. The second-order valence-electron chi connectivity index (χ2n) is 5.33. The van der Waals surface area contributed by atoms with Crippen LogP contribution in [0.1, 0.15) is 24.0 Å². The van der Waals surface area contributed by atoms with Crippen LogP contribution in [0.15, 0.2) is 66.4 Å². The van der Waals surface area contributed by atoms with Crippen molar-refractivity contribution in [3.63, 3.8) is 0 Å². The molecule has 1 aliphatic rings. The zero-order chi connectivity index (χ0) is 13.9. The first kappa shape index (κ1) is 12.7. The minimum Gasteiger partial charge on any atom is -0.402 e. The lowest BCUT2D eigenvalue weighted by Crippen LogP contribution is -2.01. The molecule has 0 spiro atoms. The van der Waals surface area contributed by atoms with Crippen molar-refractivity contribution >= 4 is 5.57 Å². The molecule has 1 nitrogen and oxygen atoms in total. The number of nitrogens with two attached hydrogens (primary N) is 1. The smallest absolute Gasteiger partial charge is 0.00896 e. The van der Waals surface area contributed by atoms with Gasteiger partial charge in [0, 0.05) is 5.70 Å². The van der Waals surface area contributed by atoms with E-state index in [2.05, 4.69) is 67.6 Å². The normalized spacial score (nSPS) is 14.7. The average Bonchev–Trinajstić information content (AvgIpc) is 2.48. The zero-order valence-corrected chi connectivity index (χ0v) is 11.8. The Balaban J connectivity index is 2.09. The highest BCUT2D eigenvalue weighted by Crippen LogP contribution is 2.32. The second kappa shape index (κ2) is 5.38. The lowest BCUT2D eigenvalue weighted by Gasteiger charge is -2.15. The summed E-state index contributed by atoms with van der Waals surface area (Å²) in [4.78, 5) is 0. The molecule has 0 heterocycles. The highest BCUT2D eigenvalue weighted by Gasteiger charge is 2.10. The first-order valence-electron chi connectivity index (χ1n) is 7.07. The molecule has 0 fully saturated rings. The summed E-state index contributed by atoms with van der Waals surface area (Å²) in [6, 6.07) is 17.2. The fourth-order valence-corrected chi connectivity index (χ4v) is 2.63. The maximum Gasteiger partial charge on any atom is 0.00896 e. The van der Waals surface area contributed by atoms with E-state index in [1.807, 2.05) is 0 Å². The SMILES string of the molecule is Cc1ccc(-c2ccccc2C2=CCCC(N)=C2)cc1. The van der Waals surface area contributed by atoms with E-state index in [1.165, 1.54) is 27.8 Å². The lowest BCUT2D eigenvalue weighted by molar-refractivity contribution is 0.948. The summed E-state index contributed by atoms with van der Waals surface area (Å²) in [6.07, 6.45) is 6.38. The molecule has 1 heteroatoms. The molecule has 2 aromatic rings. The molecule has 1 aliphatic carbocycles. The van der Waals surface area contributed by atoms with Crippen molar-refractivity contribution in [2.24, 2.45) is 5.73 Å². The number of benzene rings is 2. The number of allylic oxidation sites excluding steroid dienone is 4. The van der Waals surface area contributed by atoms with Crippen molar-refractivity contribution in [2.75, 3.05) is 0 Å². The Morgan fingerprint density at radius 3 is 2.30 bits per heavy atom. The number of aryl methyl sites for hydroxylation is 1. The van der Waals surface area contributed by atoms with E-state index in [4.69, 9.17) is 5.73 Å². The van der Waals surface area contributed by atoms with Crippen LogP contribution < -0.4 is 5.73 Å². The summed E-state index contributed by atoms with van der Waals surface area (Å²) in [6.45, 7) is 2.11. The van der Waals surface area contributed by atoms with Crippen LogP contribution in [-0.2, 0) is 0 Å². The van der Waals surface area contributed by atoms with Gasteiger partial charge in [-0.25, -0.2) is 0 Å². The van der Waals surface area contributed by atoms with Crippen LogP contribution >= 0.6 is 0 Å². The predicted molar refractivity (Wildman–Crippen MR) is 86.1 cm³/mol. The van der Waals surface area contributed by atoms with Crippen molar-refractivity contribution in [3.8, 4) is 11.1 Å². The van der Waals surface area contributed by atoms with E-state index >= 15 is 0 Å². The van der Waals surface area contributed by atoms with Crippen LogP contribution in [0.3, 0.4) is 0 Å². The Bertz CT molecular complexity index is 675. The summed E-state index contributed by atoms with van der Waals surface area (Å²) < 4.78 is 0. The summed E-state index contributed by atoms with van der Waals surface area (Å²) >= 11 is 0. The maximum absolute atomic E-state index is 5.99. The van der Waals surface area contributed by atoms with Crippen LogP contribution in [0.5, 0.6) is 0 Å². The van der Waals surface area contributed by atoms with Gasteiger partial charge in [0.25, 0.3) is 0 Å².